The average molecular weight is 496 g/mol. The van der Waals surface area contributed by atoms with Gasteiger partial charge in [0.25, 0.3) is 0 Å². The van der Waals surface area contributed by atoms with Gasteiger partial charge in [-0.1, -0.05) is 35.5 Å². The number of ether oxygens (including phenoxy) is 1. The molecule has 2 heterocycles. The van der Waals surface area contributed by atoms with Gasteiger partial charge in [0.1, 0.15) is 17.1 Å². The third-order valence-electron chi connectivity index (χ3n) is 6.43. The first-order valence-electron chi connectivity index (χ1n) is 11.6. The Bertz CT molecular complexity index is 1240. The molecule has 1 saturated heterocycles. The van der Waals surface area contributed by atoms with Gasteiger partial charge in [-0.25, -0.2) is 4.79 Å². The first-order chi connectivity index (χ1) is 17.3. The minimum absolute atomic E-state index is 0.205. The number of hydrogen-bond acceptors (Lipinski definition) is 4. The lowest BCUT2D eigenvalue weighted by Crippen LogP contribution is -2.48. The Balaban J connectivity index is 1.12. The molecule has 3 aromatic rings. The molecule has 0 atom stereocenters. The lowest BCUT2D eigenvalue weighted by Gasteiger charge is -2.37. The maximum Gasteiger partial charge on any atom is 0.416 e. The van der Waals surface area contributed by atoms with E-state index < -0.39 is 17.3 Å². The van der Waals surface area contributed by atoms with E-state index >= 15 is 0 Å². The van der Waals surface area contributed by atoms with E-state index in [1.807, 2.05) is 30.3 Å². The number of halogens is 3. The van der Waals surface area contributed by atoms with Gasteiger partial charge in [0.2, 0.25) is 0 Å². The molecular formula is C27H24F3N3O3. The van der Waals surface area contributed by atoms with Crippen LogP contribution >= 0.6 is 0 Å². The van der Waals surface area contributed by atoms with Crippen LogP contribution in [0.25, 0.3) is 0 Å². The van der Waals surface area contributed by atoms with Gasteiger partial charge in [-0.15, -0.1) is 0 Å². The molecule has 0 bridgehead atoms. The summed E-state index contributed by atoms with van der Waals surface area (Å²) in [6, 6.07) is 21.3. The summed E-state index contributed by atoms with van der Waals surface area (Å²) in [5.41, 5.74) is 0.661. The van der Waals surface area contributed by atoms with Crippen molar-refractivity contribution in [2.24, 2.45) is 5.16 Å². The van der Waals surface area contributed by atoms with Crippen LogP contribution in [0.4, 0.5) is 23.7 Å². The van der Waals surface area contributed by atoms with Crippen molar-refractivity contribution in [3.63, 3.8) is 0 Å². The van der Waals surface area contributed by atoms with E-state index in [1.54, 1.807) is 29.2 Å². The maximum absolute atomic E-state index is 12.8. The molecule has 0 radical (unpaired) electrons. The van der Waals surface area contributed by atoms with Gasteiger partial charge in [0.05, 0.1) is 11.3 Å². The van der Waals surface area contributed by atoms with Crippen LogP contribution in [0.1, 0.15) is 30.4 Å². The van der Waals surface area contributed by atoms with Crippen molar-refractivity contribution < 1.29 is 27.5 Å². The van der Waals surface area contributed by atoms with Crippen LogP contribution in [0.2, 0.25) is 0 Å². The van der Waals surface area contributed by atoms with Crippen molar-refractivity contribution in [2.45, 2.75) is 31.0 Å². The number of piperidine rings is 1. The molecule has 0 aliphatic carbocycles. The molecule has 1 fully saturated rings. The normalized spacial score (nSPS) is 16.9. The van der Waals surface area contributed by atoms with Gasteiger partial charge in [-0.3, -0.25) is 0 Å². The number of hydrogen-bond donors (Lipinski definition) is 1. The number of anilines is 1. The molecule has 6 nitrogen and oxygen atoms in total. The molecule has 1 spiro atoms. The molecule has 0 saturated carbocycles. The van der Waals surface area contributed by atoms with E-state index in [0.29, 0.717) is 55.1 Å². The molecule has 5 rings (SSSR count). The van der Waals surface area contributed by atoms with Crippen molar-refractivity contribution in [2.75, 3.05) is 18.4 Å². The number of nitrogens with one attached hydrogen (secondary N) is 1. The van der Waals surface area contributed by atoms with Crippen LogP contribution in [-0.2, 0) is 11.0 Å². The summed E-state index contributed by atoms with van der Waals surface area (Å²) in [6.07, 6.45) is -2.72. The number of urea groups is 1. The second-order valence-corrected chi connectivity index (χ2v) is 8.92. The monoisotopic (exact) mass is 495 g/mol. The molecular weight excluding hydrogens is 471 g/mol. The fourth-order valence-electron chi connectivity index (χ4n) is 4.35. The molecule has 0 unspecified atom stereocenters. The second-order valence-electron chi connectivity index (χ2n) is 8.92. The van der Waals surface area contributed by atoms with E-state index in [2.05, 4.69) is 10.5 Å². The predicted octanol–water partition coefficient (Wildman–Crippen LogP) is 6.69. The largest absolute Gasteiger partial charge is 0.457 e. The summed E-state index contributed by atoms with van der Waals surface area (Å²) in [5.74, 6) is 1.40. The molecule has 0 aromatic heterocycles. The van der Waals surface area contributed by atoms with Crippen molar-refractivity contribution >= 4 is 17.4 Å². The summed E-state index contributed by atoms with van der Waals surface area (Å²) in [6.45, 7) is 0.966. The number of carbonyl (C=O) groups is 1. The molecule has 2 aliphatic rings. The smallest absolute Gasteiger partial charge is 0.416 e. The van der Waals surface area contributed by atoms with E-state index in [1.165, 1.54) is 12.1 Å². The zero-order valence-electron chi connectivity index (χ0n) is 19.3. The van der Waals surface area contributed by atoms with Crippen LogP contribution in [0.3, 0.4) is 0 Å². The molecule has 2 amide bonds. The Morgan fingerprint density at radius 3 is 2.19 bits per heavy atom. The van der Waals surface area contributed by atoms with E-state index in [-0.39, 0.29) is 6.03 Å². The molecule has 3 aromatic carbocycles. The summed E-state index contributed by atoms with van der Waals surface area (Å²) in [7, 11) is 0. The summed E-state index contributed by atoms with van der Waals surface area (Å²) in [5, 5.41) is 7.06. The third-order valence-corrected chi connectivity index (χ3v) is 6.43. The first kappa shape index (κ1) is 23.7. The number of amides is 2. The minimum Gasteiger partial charge on any atom is -0.457 e. The van der Waals surface area contributed by atoms with Gasteiger partial charge in [-0.05, 0) is 54.1 Å². The van der Waals surface area contributed by atoms with Gasteiger partial charge in [0.15, 0.2) is 0 Å². The highest BCUT2D eigenvalue weighted by atomic mass is 19.4. The van der Waals surface area contributed by atoms with Crippen molar-refractivity contribution in [1.29, 1.82) is 0 Å². The molecule has 186 valence electrons. The molecule has 2 aliphatic heterocycles. The molecule has 9 heteroatoms. The van der Waals surface area contributed by atoms with Gasteiger partial charge >= 0.3 is 12.2 Å². The Hall–Kier alpha value is -4.01. The Morgan fingerprint density at radius 1 is 0.917 bits per heavy atom. The molecule has 1 N–H and O–H groups in total. The number of nitrogens with zero attached hydrogens (tertiary/aromatic N) is 2. The van der Waals surface area contributed by atoms with Crippen LogP contribution in [0, 0.1) is 0 Å². The van der Waals surface area contributed by atoms with Gasteiger partial charge < -0.3 is 19.8 Å². The number of para-hydroxylation sites is 1. The number of likely N-dealkylation sites (tertiary alicyclic amines) is 1. The number of benzene rings is 3. The summed E-state index contributed by atoms with van der Waals surface area (Å²) >= 11 is 0. The number of oxime groups is 1. The van der Waals surface area contributed by atoms with Crippen LogP contribution in [-0.4, -0.2) is 35.3 Å². The fraction of sp³-hybridized carbons (Fsp3) is 0.259. The third kappa shape index (κ3) is 5.30. The Kier molecular flexibility index (Phi) is 6.30. The van der Waals surface area contributed by atoms with Crippen LogP contribution < -0.4 is 10.1 Å². The zero-order valence-corrected chi connectivity index (χ0v) is 19.3. The maximum atomic E-state index is 12.8. The quantitative estimate of drug-likeness (QED) is 0.439. The van der Waals surface area contributed by atoms with Gasteiger partial charge in [0, 0.05) is 38.0 Å². The fourth-order valence-corrected chi connectivity index (χ4v) is 4.35. The highest BCUT2D eigenvalue weighted by Crippen LogP contribution is 2.37. The zero-order chi connectivity index (χ0) is 25.2. The highest BCUT2D eigenvalue weighted by molar-refractivity contribution is 6.01. The number of alkyl halides is 3. The van der Waals surface area contributed by atoms with Gasteiger partial charge in [-0.2, -0.15) is 13.2 Å². The number of rotatable bonds is 4. The Morgan fingerprint density at radius 2 is 1.56 bits per heavy atom. The summed E-state index contributed by atoms with van der Waals surface area (Å²) in [4.78, 5) is 20.2. The van der Waals surface area contributed by atoms with Crippen molar-refractivity contribution in [3.05, 3.63) is 90.0 Å². The highest BCUT2D eigenvalue weighted by Gasteiger charge is 2.43. The molecule has 36 heavy (non-hydrogen) atoms. The number of carbonyl (C=O) groups excluding carboxylic acids is 1. The van der Waals surface area contributed by atoms with Crippen molar-refractivity contribution in [1.82, 2.24) is 4.90 Å². The Labute approximate surface area is 206 Å². The minimum atomic E-state index is -4.38. The van der Waals surface area contributed by atoms with E-state index in [9.17, 15) is 18.0 Å². The van der Waals surface area contributed by atoms with E-state index in [0.717, 1.165) is 17.9 Å². The first-order valence-corrected chi connectivity index (χ1v) is 11.6. The second kappa shape index (κ2) is 9.56. The lowest BCUT2D eigenvalue weighted by atomic mass is 9.85. The van der Waals surface area contributed by atoms with Crippen LogP contribution in [0.5, 0.6) is 11.5 Å². The topological polar surface area (TPSA) is 63.2 Å². The van der Waals surface area contributed by atoms with E-state index in [4.69, 9.17) is 9.57 Å². The standard InChI is InChI=1S/C27H24F3N3O3/c28-27(29,30)20-8-6-19(7-9-20)24-18-26(36-32-24)14-16-33(17-15-26)25(34)31-21-10-12-23(13-11-21)35-22-4-2-1-3-5-22/h1-13H,14-18H2,(H,31,34). The SMILES string of the molecule is O=C(Nc1ccc(Oc2ccccc2)cc1)N1CCC2(CC1)CC(c1ccc(C(F)(F)F)cc1)=NO2. The predicted molar refractivity (Wildman–Crippen MR) is 129 cm³/mol. The summed E-state index contributed by atoms with van der Waals surface area (Å²) < 4.78 is 44.2. The lowest BCUT2D eigenvalue weighted by molar-refractivity contribution is -0.137. The average Bonchev–Trinajstić information content (AvgIpc) is 3.29. The van der Waals surface area contributed by atoms with Crippen molar-refractivity contribution in [3.8, 4) is 11.5 Å². The van der Waals surface area contributed by atoms with Crippen LogP contribution in [0.15, 0.2) is 84.0 Å².